The number of hydrogen-bond donors (Lipinski definition) is 3. The van der Waals surface area contributed by atoms with Gasteiger partial charge in [-0.3, -0.25) is 19.6 Å². The highest BCUT2D eigenvalue weighted by Crippen LogP contribution is 2.21. The Hall–Kier alpha value is -3.00. The molecule has 2 atom stereocenters. The van der Waals surface area contributed by atoms with Gasteiger partial charge in [-0.25, -0.2) is 0 Å². The minimum atomic E-state index is -0.481. The second kappa shape index (κ2) is 10.1. The lowest BCUT2D eigenvalue weighted by molar-refractivity contribution is -0.128. The van der Waals surface area contributed by atoms with Gasteiger partial charge >= 0.3 is 0 Å². The molecule has 0 spiro atoms. The molecule has 3 heterocycles. The summed E-state index contributed by atoms with van der Waals surface area (Å²) in [5.41, 5.74) is 1.95. The number of aliphatic hydroxyl groups is 1. The highest BCUT2D eigenvalue weighted by molar-refractivity contribution is 5.81. The van der Waals surface area contributed by atoms with Gasteiger partial charge in [0.05, 0.1) is 18.3 Å². The number of nitrogens with zero attached hydrogens (tertiary/aromatic N) is 3. The maximum Gasteiger partial charge on any atom is 0.290 e. The van der Waals surface area contributed by atoms with Gasteiger partial charge < -0.3 is 20.4 Å². The number of carbonyl (C=O) groups is 2. The van der Waals surface area contributed by atoms with Crippen molar-refractivity contribution < 1.29 is 19.8 Å². The van der Waals surface area contributed by atoms with Crippen molar-refractivity contribution in [1.29, 1.82) is 0 Å². The normalized spacial score (nSPS) is 18.6. The Bertz CT molecular complexity index is 684. The molecule has 138 valence electrons. The molecule has 0 saturated carbocycles. The lowest BCUT2D eigenvalue weighted by Gasteiger charge is -2.17. The predicted octanol–water partition coefficient (Wildman–Crippen LogP) is 0.651. The molecule has 1 aliphatic heterocycles. The minimum absolute atomic E-state index is 0.00914. The van der Waals surface area contributed by atoms with E-state index in [-0.39, 0.29) is 24.8 Å². The van der Waals surface area contributed by atoms with Crippen LogP contribution in [0.2, 0.25) is 0 Å². The summed E-state index contributed by atoms with van der Waals surface area (Å²) in [6.45, 7) is 0.931. The third-order valence-corrected chi connectivity index (χ3v) is 4.11. The summed E-state index contributed by atoms with van der Waals surface area (Å²) >= 11 is 0. The summed E-state index contributed by atoms with van der Waals surface area (Å²) in [6, 6.07) is 7.57. The Morgan fingerprint density at radius 1 is 1.23 bits per heavy atom. The number of anilines is 1. The fraction of sp³-hybridized carbons (Fsp3) is 0.333. The average Bonchev–Trinajstić information content (AvgIpc) is 3.03. The van der Waals surface area contributed by atoms with Crippen molar-refractivity contribution in [1.82, 2.24) is 14.9 Å². The fourth-order valence-corrected chi connectivity index (χ4v) is 2.84. The van der Waals surface area contributed by atoms with E-state index in [2.05, 4.69) is 15.3 Å². The summed E-state index contributed by atoms with van der Waals surface area (Å²) in [5, 5.41) is 20.2. The molecule has 26 heavy (non-hydrogen) atoms. The zero-order chi connectivity index (χ0) is 18.8. The van der Waals surface area contributed by atoms with Gasteiger partial charge in [0, 0.05) is 43.8 Å². The Morgan fingerprint density at radius 3 is 2.62 bits per heavy atom. The van der Waals surface area contributed by atoms with Crippen molar-refractivity contribution in [3.8, 4) is 0 Å². The second-order valence-electron chi connectivity index (χ2n) is 5.89. The second-order valence-corrected chi connectivity index (χ2v) is 5.89. The number of amides is 1. The molecule has 8 heteroatoms. The highest BCUT2D eigenvalue weighted by atomic mass is 16.3. The molecule has 1 amide bonds. The van der Waals surface area contributed by atoms with Gasteiger partial charge in [-0.1, -0.05) is 0 Å². The number of nitrogens with one attached hydrogen (secondary N) is 1. The molecular formula is C18H22N4O4. The van der Waals surface area contributed by atoms with Crippen LogP contribution in [0, 0.1) is 5.92 Å². The number of aromatic nitrogens is 2. The molecule has 0 bridgehead atoms. The summed E-state index contributed by atoms with van der Waals surface area (Å²) in [6.07, 6.45) is 7.13. The molecule has 3 N–H and O–H groups in total. The van der Waals surface area contributed by atoms with E-state index >= 15 is 0 Å². The van der Waals surface area contributed by atoms with Gasteiger partial charge in [0.15, 0.2) is 0 Å². The van der Waals surface area contributed by atoms with E-state index < -0.39 is 6.10 Å². The summed E-state index contributed by atoms with van der Waals surface area (Å²) in [4.78, 5) is 30.4. The topological polar surface area (TPSA) is 116 Å². The summed E-state index contributed by atoms with van der Waals surface area (Å²) in [7, 11) is 0. The van der Waals surface area contributed by atoms with Crippen molar-refractivity contribution >= 4 is 18.1 Å². The van der Waals surface area contributed by atoms with Gasteiger partial charge in [-0.15, -0.1) is 0 Å². The Labute approximate surface area is 151 Å². The van der Waals surface area contributed by atoms with Gasteiger partial charge in [0.1, 0.15) is 0 Å². The largest absolute Gasteiger partial charge is 0.483 e. The van der Waals surface area contributed by atoms with Gasteiger partial charge in [0.2, 0.25) is 5.91 Å². The number of carboxylic acid groups (broad SMARTS) is 1. The van der Waals surface area contributed by atoms with Crippen LogP contribution in [0.1, 0.15) is 5.56 Å². The van der Waals surface area contributed by atoms with E-state index in [1.807, 2.05) is 24.3 Å². The first-order valence-electron chi connectivity index (χ1n) is 8.20. The van der Waals surface area contributed by atoms with Crippen molar-refractivity contribution in [3.05, 3.63) is 54.6 Å². The third kappa shape index (κ3) is 5.82. The van der Waals surface area contributed by atoms with Crippen LogP contribution in [-0.2, 0) is 16.0 Å². The van der Waals surface area contributed by atoms with Gasteiger partial charge in [-0.2, -0.15) is 0 Å². The van der Waals surface area contributed by atoms with Crippen LogP contribution < -0.4 is 5.32 Å². The molecule has 3 rings (SSSR count). The Kier molecular flexibility index (Phi) is 7.50. The Balaban J connectivity index is 0.000000758. The average molecular weight is 358 g/mol. The SMILES string of the molecule is O=C(CNc1cccnc1)N1C[C@@H](Cc2ccncc2)[C@@H](O)C1.O=CO. The minimum Gasteiger partial charge on any atom is -0.483 e. The maximum atomic E-state index is 12.3. The van der Waals surface area contributed by atoms with E-state index in [1.54, 1.807) is 29.7 Å². The first-order chi connectivity index (χ1) is 12.6. The van der Waals surface area contributed by atoms with E-state index in [4.69, 9.17) is 9.90 Å². The number of carbonyl (C=O) groups excluding carboxylic acids is 1. The molecule has 1 fully saturated rings. The quantitative estimate of drug-likeness (QED) is 0.672. The van der Waals surface area contributed by atoms with Gasteiger partial charge in [0.25, 0.3) is 6.47 Å². The zero-order valence-corrected chi connectivity index (χ0v) is 14.2. The summed E-state index contributed by atoms with van der Waals surface area (Å²) < 4.78 is 0. The smallest absolute Gasteiger partial charge is 0.290 e. The zero-order valence-electron chi connectivity index (χ0n) is 14.2. The molecule has 0 aromatic carbocycles. The number of rotatable bonds is 5. The molecule has 8 nitrogen and oxygen atoms in total. The van der Waals surface area contributed by atoms with Crippen LogP contribution in [0.3, 0.4) is 0 Å². The standard InChI is InChI=1S/C17H20N4O2.CH2O2/c22-16-12-21(11-14(16)8-13-3-6-18-7-4-13)17(23)10-20-15-2-1-5-19-9-15;2-1-3/h1-7,9,14,16,20,22H,8,10-12H2;1H,(H,2,3)/t14-,16+;/m1./s1. The fourth-order valence-electron chi connectivity index (χ4n) is 2.84. The van der Waals surface area contributed by atoms with Crippen LogP contribution in [0.5, 0.6) is 0 Å². The monoisotopic (exact) mass is 358 g/mol. The van der Waals surface area contributed by atoms with Crippen molar-refractivity contribution in [3.63, 3.8) is 0 Å². The first kappa shape index (κ1) is 19.3. The van der Waals surface area contributed by atoms with Crippen molar-refractivity contribution in [2.45, 2.75) is 12.5 Å². The van der Waals surface area contributed by atoms with Crippen molar-refractivity contribution in [2.24, 2.45) is 5.92 Å². The third-order valence-electron chi connectivity index (χ3n) is 4.11. The summed E-state index contributed by atoms with van der Waals surface area (Å²) in [5.74, 6) is 0.0601. The lowest BCUT2D eigenvalue weighted by Crippen LogP contribution is -2.34. The van der Waals surface area contributed by atoms with Crippen LogP contribution in [0.4, 0.5) is 5.69 Å². The van der Waals surface area contributed by atoms with Crippen LogP contribution >= 0.6 is 0 Å². The van der Waals surface area contributed by atoms with Gasteiger partial charge in [-0.05, 0) is 36.2 Å². The van der Waals surface area contributed by atoms with E-state index in [9.17, 15) is 9.90 Å². The molecule has 2 aromatic heterocycles. The lowest BCUT2D eigenvalue weighted by atomic mass is 9.97. The molecule has 2 aromatic rings. The van der Waals surface area contributed by atoms with Crippen LogP contribution in [-0.4, -0.2) is 63.2 Å². The number of pyridine rings is 2. The number of likely N-dealkylation sites (tertiary alicyclic amines) is 1. The molecule has 1 aliphatic rings. The van der Waals surface area contributed by atoms with E-state index in [0.29, 0.717) is 13.1 Å². The molecule has 1 saturated heterocycles. The predicted molar refractivity (Wildman–Crippen MR) is 95.4 cm³/mol. The van der Waals surface area contributed by atoms with Crippen LogP contribution in [0.15, 0.2) is 49.1 Å². The number of hydrogen-bond acceptors (Lipinski definition) is 6. The van der Waals surface area contributed by atoms with E-state index in [0.717, 1.165) is 17.7 Å². The molecule has 0 aliphatic carbocycles. The number of β-amino-alcohol motifs (C(OH)–C–C–N with tert-alkyl or cyclic N) is 1. The molecule has 0 radical (unpaired) electrons. The number of aliphatic hydroxyl groups excluding tert-OH is 1. The molecular weight excluding hydrogens is 336 g/mol. The van der Waals surface area contributed by atoms with Crippen LogP contribution in [0.25, 0.3) is 0 Å². The molecule has 0 unspecified atom stereocenters. The van der Waals surface area contributed by atoms with E-state index in [1.165, 1.54) is 0 Å². The highest BCUT2D eigenvalue weighted by Gasteiger charge is 2.33. The van der Waals surface area contributed by atoms with Crippen molar-refractivity contribution in [2.75, 3.05) is 25.0 Å². The maximum absolute atomic E-state index is 12.3. The Morgan fingerprint density at radius 2 is 1.96 bits per heavy atom. The first-order valence-corrected chi connectivity index (χ1v) is 8.20.